The summed E-state index contributed by atoms with van der Waals surface area (Å²) in [6.45, 7) is 5.44. The van der Waals surface area contributed by atoms with Crippen molar-refractivity contribution < 1.29 is 14.1 Å². The molecule has 2 aromatic rings. The van der Waals surface area contributed by atoms with Crippen LogP contribution in [0.1, 0.15) is 55.2 Å². The summed E-state index contributed by atoms with van der Waals surface area (Å²) >= 11 is 0. The van der Waals surface area contributed by atoms with Crippen LogP contribution in [-0.4, -0.2) is 51.0 Å². The van der Waals surface area contributed by atoms with Crippen molar-refractivity contribution in [2.45, 2.75) is 58.2 Å². The van der Waals surface area contributed by atoms with E-state index in [4.69, 9.17) is 9.26 Å². The lowest BCUT2D eigenvalue weighted by Crippen LogP contribution is -2.50. The third-order valence-corrected chi connectivity index (χ3v) is 5.74. The molecule has 0 bridgehead atoms. The number of carbonyl (C=O) groups is 1. The molecule has 4 rings (SSSR count). The molecule has 1 amide bonds. The van der Waals surface area contributed by atoms with E-state index in [1.54, 1.807) is 16.9 Å². The highest BCUT2D eigenvalue weighted by atomic mass is 16.5. The maximum atomic E-state index is 13.1. The fraction of sp³-hybridized carbons (Fsp3) is 0.650. The van der Waals surface area contributed by atoms with Crippen molar-refractivity contribution in [2.24, 2.45) is 13.0 Å². The first-order chi connectivity index (χ1) is 13.1. The molecule has 0 aromatic carbocycles. The molecule has 146 valence electrons. The monoisotopic (exact) mass is 372 g/mol. The van der Waals surface area contributed by atoms with Crippen LogP contribution in [0.2, 0.25) is 0 Å². The molecule has 2 fully saturated rings. The zero-order valence-corrected chi connectivity index (χ0v) is 16.4. The van der Waals surface area contributed by atoms with Gasteiger partial charge >= 0.3 is 0 Å². The van der Waals surface area contributed by atoms with Gasteiger partial charge in [0, 0.05) is 31.9 Å². The van der Waals surface area contributed by atoms with Gasteiger partial charge in [-0.15, -0.1) is 0 Å². The number of rotatable bonds is 6. The van der Waals surface area contributed by atoms with Crippen LogP contribution in [0.4, 0.5) is 0 Å². The fourth-order valence-corrected chi connectivity index (χ4v) is 3.76. The molecule has 1 aliphatic carbocycles. The van der Waals surface area contributed by atoms with Crippen molar-refractivity contribution in [3.8, 4) is 11.3 Å². The van der Waals surface area contributed by atoms with Crippen molar-refractivity contribution in [3.05, 3.63) is 23.7 Å². The van der Waals surface area contributed by atoms with E-state index in [1.807, 2.05) is 18.9 Å². The molecule has 27 heavy (non-hydrogen) atoms. The van der Waals surface area contributed by atoms with Crippen molar-refractivity contribution in [3.63, 3.8) is 0 Å². The third kappa shape index (κ3) is 3.78. The number of aryl methyl sites for hydroxylation is 1. The van der Waals surface area contributed by atoms with Gasteiger partial charge in [0.1, 0.15) is 0 Å². The number of nitrogens with zero attached hydrogens (tertiary/aromatic N) is 4. The lowest BCUT2D eigenvalue weighted by atomic mass is 10.1. The van der Waals surface area contributed by atoms with Crippen LogP contribution in [-0.2, 0) is 11.8 Å². The third-order valence-electron chi connectivity index (χ3n) is 5.74. The summed E-state index contributed by atoms with van der Waals surface area (Å²) in [6.07, 6.45) is 7.71. The minimum absolute atomic E-state index is 0.0676. The number of carbonyl (C=O) groups excluding carboxylic acids is 1. The molecule has 0 spiro atoms. The molecule has 2 aliphatic rings. The Bertz CT molecular complexity index is 808. The van der Waals surface area contributed by atoms with E-state index in [1.165, 1.54) is 12.8 Å². The van der Waals surface area contributed by atoms with Gasteiger partial charge in [-0.25, -0.2) is 0 Å². The Morgan fingerprint density at radius 1 is 1.33 bits per heavy atom. The standard InChI is InChI=1S/C20H28N4O3/c1-4-5-6-15-11-24(12-19(26-15)14-7-8-14)20(25)17-9-18(27-22-17)16-10-21-23(3)13(16)2/h9-10,14-15,19H,4-8,11-12H2,1-3H3/t15-,19-/m1/s1. The van der Waals surface area contributed by atoms with E-state index < -0.39 is 0 Å². The van der Waals surface area contributed by atoms with Gasteiger partial charge in [0.15, 0.2) is 11.5 Å². The molecule has 0 unspecified atom stereocenters. The van der Waals surface area contributed by atoms with Gasteiger partial charge in [0.2, 0.25) is 0 Å². The SMILES string of the molecule is CCCC[C@@H]1CN(C(=O)c2cc(-c3cnn(C)c3C)on2)C[C@H](C2CC2)O1. The molecule has 2 atom stereocenters. The molecule has 2 aromatic heterocycles. The highest BCUT2D eigenvalue weighted by Crippen LogP contribution is 2.37. The maximum absolute atomic E-state index is 13.1. The number of aromatic nitrogens is 3. The van der Waals surface area contributed by atoms with Crippen LogP contribution in [0.15, 0.2) is 16.8 Å². The van der Waals surface area contributed by atoms with E-state index in [9.17, 15) is 4.79 Å². The summed E-state index contributed by atoms with van der Waals surface area (Å²) in [7, 11) is 1.88. The van der Waals surface area contributed by atoms with Gasteiger partial charge in [-0.1, -0.05) is 24.9 Å². The van der Waals surface area contributed by atoms with E-state index >= 15 is 0 Å². The Kier molecular flexibility index (Phi) is 5.04. The molecule has 0 N–H and O–H groups in total. The minimum Gasteiger partial charge on any atom is -0.371 e. The van der Waals surface area contributed by atoms with Crippen molar-refractivity contribution >= 4 is 5.91 Å². The number of morpholine rings is 1. The first-order valence-electron chi connectivity index (χ1n) is 9.97. The van der Waals surface area contributed by atoms with Crippen LogP contribution < -0.4 is 0 Å². The molecule has 1 aliphatic heterocycles. The molecule has 7 nitrogen and oxygen atoms in total. The first-order valence-corrected chi connectivity index (χ1v) is 9.97. The summed E-state index contributed by atoms with van der Waals surface area (Å²) in [5.41, 5.74) is 2.20. The van der Waals surface area contributed by atoms with Gasteiger partial charge in [0.05, 0.1) is 24.0 Å². The van der Waals surface area contributed by atoms with Gasteiger partial charge in [-0.3, -0.25) is 9.48 Å². The zero-order chi connectivity index (χ0) is 19.0. The number of hydrogen-bond donors (Lipinski definition) is 0. The average molecular weight is 372 g/mol. The highest BCUT2D eigenvalue weighted by molar-refractivity contribution is 5.93. The van der Waals surface area contributed by atoms with Gasteiger partial charge in [-0.05, 0) is 32.1 Å². The summed E-state index contributed by atoms with van der Waals surface area (Å²) in [5.74, 6) is 1.12. The second-order valence-corrected chi connectivity index (χ2v) is 7.83. The van der Waals surface area contributed by atoms with Gasteiger partial charge in [-0.2, -0.15) is 5.10 Å². The summed E-state index contributed by atoms with van der Waals surface area (Å²) < 4.78 is 13.5. The van der Waals surface area contributed by atoms with Crippen molar-refractivity contribution in [1.82, 2.24) is 19.8 Å². The number of unbranched alkanes of at least 4 members (excludes halogenated alkanes) is 1. The smallest absolute Gasteiger partial charge is 0.276 e. The Hall–Kier alpha value is -2.15. The number of amides is 1. The molecule has 3 heterocycles. The molecular formula is C20H28N4O3. The van der Waals surface area contributed by atoms with Crippen LogP contribution >= 0.6 is 0 Å². The topological polar surface area (TPSA) is 73.4 Å². The predicted octanol–water partition coefficient (Wildman–Crippen LogP) is 3.19. The van der Waals surface area contributed by atoms with E-state index in [2.05, 4.69) is 17.2 Å². The van der Waals surface area contributed by atoms with Gasteiger partial charge in [0.25, 0.3) is 5.91 Å². The lowest BCUT2D eigenvalue weighted by Gasteiger charge is -2.38. The number of hydrogen-bond acceptors (Lipinski definition) is 5. The normalized spacial score (nSPS) is 23.0. The second-order valence-electron chi connectivity index (χ2n) is 7.83. The Labute approximate surface area is 159 Å². The van der Waals surface area contributed by atoms with Crippen LogP contribution in [0.5, 0.6) is 0 Å². The summed E-state index contributed by atoms with van der Waals surface area (Å²) in [6, 6.07) is 1.73. The Morgan fingerprint density at radius 2 is 2.15 bits per heavy atom. The molecule has 0 radical (unpaired) electrons. The Morgan fingerprint density at radius 3 is 2.81 bits per heavy atom. The zero-order valence-electron chi connectivity index (χ0n) is 16.4. The summed E-state index contributed by atoms with van der Waals surface area (Å²) in [5, 5.41) is 8.27. The quantitative estimate of drug-likeness (QED) is 0.778. The van der Waals surface area contributed by atoms with E-state index in [0.29, 0.717) is 30.5 Å². The van der Waals surface area contributed by atoms with Crippen LogP contribution in [0.25, 0.3) is 11.3 Å². The van der Waals surface area contributed by atoms with Crippen LogP contribution in [0, 0.1) is 12.8 Å². The predicted molar refractivity (Wildman–Crippen MR) is 100 cm³/mol. The maximum Gasteiger partial charge on any atom is 0.276 e. The fourth-order valence-electron chi connectivity index (χ4n) is 3.76. The van der Waals surface area contributed by atoms with Gasteiger partial charge < -0.3 is 14.2 Å². The van der Waals surface area contributed by atoms with Crippen molar-refractivity contribution in [1.29, 1.82) is 0 Å². The first kappa shape index (κ1) is 18.2. The van der Waals surface area contributed by atoms with Crippen molar-refractivity contribution in [2.75, 3.05) is 13.1 Å². The molecule has 7 heteroatoms. The molecular weight excluding hydrogens is 344 g/mol. The minimum atomic E-state index is -0.0676. The molecule has 1 saturated heterocycles. The van der Waals surface area contributed by atoms with E-state index in [0.717, 1.165) is 30.5 Å². The van der Waals surface area contributed by atoms with E-state index in [-0.39, 0.29) is 18.1 Å². The highest BCUT2D eigenvalue weighted by Gasteiger charge is 2.40. The molecule has 1 saturated carbocycles. The largest absolute Gasteiger partial charge is 0.371 e. The summed E-state index contributed by atoms with van der Waals surface area (Å²) in [4.78, 5) is 15.0. The Balaban J connectivity index is 1.50. The van der Waals surface area contributed by atoms with Crippen LogP contribution in [0.3, 0.4) is 0 Å². The lowest BCUT2D eigenvalue weighted by molar-refractivity contribution is -0.0875. The average Bonchev–Trinajstić information content (AvgIpc) is 3.34. The number of ether oxygens (including phenoxy) is 1. The second kappa shape index (κ2) is 7.46.